The minimum absolute atomic E-state index is 0.0638. The largest absolute Gasteiger partial charge is 0.376 e. The number of hydrogen-bond acceptors (Lipinski definition) is 4. The van der Waals surface area contributed by atoms with E-state index in [1.165, 1.54) is 0 Å². The summed E-state index contributed by atoms with van der Waals surface area (Å²) in [5, 5.41) is 5.04. The van der Waals surface area contributed by atoms with Crippen LogP contribution in [-0.2, 0) is 16.0 Å². The fraction of sp³-hybridized carbons (Fsp3) is 0.545. The fourth-order valence-corrected chi connectivity index (χ4v) is 4.35. The van der Waals surface area contributed by atoms with Gasteiger partial charge in [0.15, 0.2) is 5.11 Å². The lowest BCUT2D eigenvalue weighted by atomic mass is 10.1. The first kappa shape index (κ1) is 20.3. The number of benzene rings is 1. The molecule has 1 aromatic carbocycles. The van der Waals surface area contributed by atoms with Crippen molar-refractivity contribution in [1.29, 1.82) is 0 Å². The van der Waals surface area contributed by atoms with E-state index in [9.17, 15) is 4.79 Å². The molecule has 0 aliphatic carbocycles. The zero-order chi connectivity index (χ0) is 20.2. The van der Waals surface area contributed by atoms with Crippen LogP contribution in [0.25, 0.3) is 10.9 Å². The van der Waals surface area contributed by atoms with Gasteiger partial charge in [0.25, 0.3) is 5.56 Å². The van der Waals surface area contributed by atoms with Crippen LogP contribution in [0.15, 0.2) is 29.1 Å². The van der Waals surface area contributed by atoms with Crippen LogP contribution in [0, 0.1) is 6.92 Å². The molecule has 4 rings (SSSR count). The number of ether oxygens (including phenoxy) is 2. The Bertz CT molecular complexity index is 917. The monoisotopic (exact) mass is 415 g/mol. The van der Waals surface area contributed by atoms with Crippen molar-refractivity contribution in [2.45, 2.75) is 51.4 Å². The number of pyridine rings is 1. The van der Waals surface area contributed by atoms with Crippen molar-refractivity contribution >= 4 is 28.2 Å². The molecular weight excluding hydrogens is 386 g/mol. The van der Waals surface area contributed by atoms with E-state index < -0.39 is 0 Å². The van der Waals surface area contributed by atoms with Crippen molar-refractivity contribution in [2.24, 2.45) is 0 Å². The highest BCUT2D eigenvalue weighted by atomic mass is 32.1. The molecule has 2 fully saturated rings. The summed E-state index contributed by atoms with van der Waals surface area (Å²) in [4.78, 5) is 17.9. The van der Waals surface area contributed by atoms with Crippen molar-refractivity contribution in [2.75, 3.05) is 26.3 Å². The number of aromatic nitrogens is 1. The molecule has 2 aromatic rings. The van der Waals surface area contributed by atoms with Gasteiger partial charge < -0.3 is 24.7 Å². The first-order valence-electron chi connectivity index (χ1n) is 10.5. The van der Waals surface area contributed by atoms with Crippen molar-refractivity contribution in [1.82, 2.24) is 15.2 Å². The van der Waals surface area contributed by atoms with Gasteiger partial charge in [-0.2, -0.15) is 0 Å². The highest BCUT2D eigenvalue weighted by Gasteiger charge is 2.23. The number of aryl methyl sites for hydroxylation is 1. The summed E-state index contributed by atoms with van der Waals surface area (Å²) in [7, 11) is 0. The average Bonchev–Trinajstić information content (AvgIpc) is 3.41. The van der Waals surface area contributed by atoms with E-state index in [-0.39, 0.29) is 17.8 Å². The zero-order valence-corrected chi connectivity index (χ0v) is 17.7. The SMILES string of the molecule is Cc1cccc2cc(CN(C[C@H]3CCCO3)C(=S)NC[C@H]3CCCO3)c(=O)[nH]c12. The van der Waals surface area contributed by atoms with Crippen LogP contribution in [0.1, 0.15) is 36.8 Å². The van der Waals surface area contributed by atoms with Gasteiger partial charge in [-0.05, 0) is 61.8 Å². The fourth-order valence-electron chi connectivity index (χ4n) is 4.12. The third kappa shape index (κ3) is 4.97. The number of para-hydroxylation sites is 1. The summed E-state index contributed by atoms with van der Waals surface area (Å²) in [5.74, 6) is 0. The molecule has 2 saturated heterocycles. The smallest absolute Gasteiger partial charge is 0.253 e. The lowest BCUT2D eigenvalue weighted by molar-refractivity contribution is 0.0885. The second-order valence-electron chi connectivity index (χ2n) is 8.00. The summed E-state index contributed by atoms with van der Waals surface area (Å²) < 4.78 is 11.5. The summed E-state index contributed by atoms with van der Waals surface area (Å²) in [6.07, 6.45) is 4.63. The second kappa shape index (κ2) is 9.24. The van der Waals surface area contributed by atoms with E-state index in [0.29, 0.717) is 30.3 Å². The molecule has 6 nitrogen and oxygen atoms in total. The Morgan fingerprint density at radius 3 is 2.72 bits per heavy atom. The zero-order valence-electron chi connectivity index (χ0n) is 16.9. The van der Waals surface area contributed by atoms with Gasteiger partial charge >= 0.3 is 0 Å². The second-order valence-corrected chi connectivity index (χ2v) is 8.39. The Balaban J connectivity index is 1.52. The summed E-state index contributed by atoms with van der Waals surface area (Å²) in [5.41, 5.74) is 2.61. The van der Waals surface area contributed by atoms with E-state index in [0.717, 1.165) is 55.4 Å². The highest BCUT2D eigenvalue weighted by molar-refractivity contribution is 7.80. The van der Waals surface area contributed by atoms with Crippen molar-refractivity contribution in [3.63, 3.8) is 0 Å². The Kier molecular flexibility index (Phi) is 6.47. The van der Waals surface area contributed by atoms with Crippen LogP contribution in [0.4, 0.5) is 0 Å². The number of aromatic amines is 1. The molecule has 0 bridgehead atoms. The van der Waals surface area contributed by atoms with Crippen LogP contribution in [0.2, 0.25) is 0 Å². The van der Waals surface area contributed by atoms with Crippen molar-refractivity contribution in [3.05, 3.63) is 45.7 Å². The molecule has 1 aromatic heterocycles. The number of thiocarbonyl (C=S) groups is 1. The van der Waals surface area contributed by atoms with Gasteiger partial charge in [-0.3, -0.25) is 4.79 Å². The van der Waals surface area contributed by atoms with Crippen molar-refractivity contribution < 1.29 is 9.47 Å². The molecule has 29 heavy (non-hydrogen) atoms. The van der Waals surface area contributed by atoms with Crippen LogP contribution in [-0.4, -0.2) is 53.5 Å². The molecule has 0 saturated carbocycles. The number of rotatable bonds is 6. The topological polar surface area (TPSA) is 66.6 Å². The van der Waals surface area contributed by atoms with Gasteiger partial charge in [-0.15, -0.1) is 0 Å². The summed E-state index contributed by atoms with van der Waals surface area (Å²) in [6, 6.07) is 8.02. The normalized spacial score (nSPS) is 21.6. The quantitative estimate of drug-likeness (QED) is 0.708. The van der Waals surface area contributed by atoms with Crippen LogP contribution >= 0.6 is 12.2 Å². The minimum atomic E-state index is -0.0638. The van der Waals surface area contributed by atoms with E-state index in [2.05, 4.69) is 15.2 Å². The molecule has 156 valence electrons. The lowest BCUT2D eigenvalue weighted by Gasteiger charge is -2.28. The molecular formula is C22H29N3O3S. The number of fused-ring (bicyclic) bond motifs is 1. The van der Waals surface area contributed by atoms with Crippen LogP contribution in [0.3, 0.4) is 0 Å². The van der Waals surface area contributed by atoms with Crippen molar-refractivity contribution in [3.8, 4) is 0 Å². The van der Waals surface area contributed by atoms with Gasteiger partial charge in [0.05, 0.1) is 24.3 Å². The molecule has 0 amide bonds. The molecule has 7 heteroatoms. The summed E-state index contributed by atoms with van der Waals surface area (Å²) >= 11 is 5.70. The molecule has 0 unspecified atom stereocenters. The van der Waals surface area contributed by atoms with Crippen LogP contribution in [0.5, 0.6) is 0 Å². The standard InChI is InChI=1S/C22H29N3O3S/c1-15-5-2-6-16-11-17(21(26)24-20(15)16)13-25(14-19-8-4-10-28-19)22(29)23-12-18-7-3-9-27-18/h2,5-6,11,18-19H,3-4,7-10,12-14H2,1H3,(H,23,29)(H,24,26)/t18-,19-/m1/s1. The van der Waals surface area contributed by atoms with Gasteiger partial charge in [-0.25, -0.2) is 0 Å². The predicted molar refractivity (Wildman–Crippen MR) is 118 cm³/mol. The van der Waals surface area contributed by atoms with E-state index >= 15 is 0 Å². The molecule has 0 spiro atoms. The third-order valence-electron chi connectivity index (χ3n) is 5.77. The molecule has 2 N–H and O–H groups in total. The number of H-pyrrole nitrogens is 1. The number of nitrogens with one attached hydrogen (secondary N) is 2. The molecule has 2 aliphatic rings. The van der Waals surface area contributed by atoms with Gasteiger partial charge in [0, 0.05) is 31.9 Å². The number of hydrogen-bond donors (Lipinski definition) is 2. The van der Waals surface area contributed by atoms with E-state index in [4.69, 9.17) is 21.7 Å². The minimum Gasteiger partial charge on any atom is -0.376 e. The first-order chi connectivity index (χ1) is 14.1. The number of nitrogens with zero attached hydrogens (tertiary/aromatic N) is 1. The predicted octanol–water partition coefficient (Wildman–Crippen LogP) is 2.87. The van der Waals surface area contributed by atoms with Gasteiger partial charge in [0.1, 0.15) is 0 Å². The lowest BCUT2D eigenvalue weighted by Crippen LogP contribution is -2.45. The summed E-state index contributed by atoms with van der Waals surface area (Å²) in [6.45, 7) is 5.47. The van der Waals surface area contributed by atoms with E-state index in [1.807, 2.05) is 31.2 Å². The molecule has 0 radical (unpaired) electrons. The van der Waals surface area contributed by atoms with Crippen LogP contribution < -0.4 is 10.9 Å². The Morgan fingerprint density at radius 2 is 2.00 bits per heavy atom. The average molecular weight is 416 g/mol. The highest BCUT2D eigenvalue weighted by Crippen LogP contribution is 2.18. The Hall–Kier alpha value is -1.96. The van der Waals surface area contributed by atoms with Gasteiger partial charge in [-0.1, -0.05) is 18.2 Å². The molecule has 3 heterocycles. The molecule has 2 atom stereocenters. The van der Waals surface area contributed by atoms with Gasteiger partial charge in [0.2, 0.25) is 0 Å². The Labute approximate surface area is 176 Å². The maximum atomic E-state index is 12.8. The maximum Gasteiger partial charge on any atom is 0.253 e. The Morgan fingerprint density at radius 1 is 1.24 bits per heavy atom. The first-order valence-corrected chi connectivity index (χ1v) is 10.9. The maximum absolute atomic E-state index is 12.8. The third-order valence-corrected chi connectivity index (χ3v) is 6.17. The molecule has 2 aliphatic heterocycles. The van der Waals surface area contributed by atoms with E-state index in [1.54, 1.807) is 0 Å².